The molecule has 7 heteroatoms. The van der Waals surface area contributed by atoms with E-state index in [0.717, 1.165) is 5.69 Å². The molecule has 0 N–H and O–H groups in total. The highest BCUT2D eigenvalue weighted by Crippen LogP contribution is 2.52. The maximum atomic E-state index is 13.2. The summed E-state index contributed by atoms with van der Waals surface area (Å²) in [5.74, 6) is -0.359. The van der Waals surface area contributed by atoms with E-state index < -0.39 is 17.4 Å². The summed E-state index contributed by atoms with van der Waals surface area (Å²) in [5, 5.41) is 3.86. The van der Waals surface area contributed by atoms with Gasteiger partial charge in [0.2, 0.25) is 11.8 Å². The van der Waals surface area contributed by atoms with Gasteiger partial charge in [0, 0.05) is 19.7 Å². The summed E-state index contributed by atoms with van der Waals surface area (Å²) in [5.41, 5.74) is 0.115. The van der Waals surface area contributed by atoms with Gasteiger partial charge < -0.3 is 19.1 Å². The van der Waals surface area contributed by atoms with Crippen LogP contribution in [0.3, 0.4) is 0 Å². The minimum absolute atomic E-state index is 0.00684. The number of rotatable bonds is 4. The van der Waals surface area contributed by atoms with Gasteiger partial charge in [-0.2, -0.15) is 0 Å². The lowest BCUT2D eigenvalue weighted by Crippen LogP contribution is -2.44. The van der Waals surface area contributed by atoms with Crippen molar-refractivity contribution in [3.05, 3.63) is 29.7 Å². The van der Waals surface area contributed by atoms with Crippen LogP contribution < -0.4 is 0 Å². The van der Waals surface area contributed by atoms with Crippen LogP contribution >= 0.6 is 0 Å². The fraction of sp³-hybridized carbons (Fsp3) is 0.650. The van der Waals surface area contributed by atoms with Gasteiger partial charge in [0.25, 0.3) is 0 Å². The van der Waals surface area contributed by atoms with Crippen molar-refractivity contribution in [2.45, 2.75) is 45.9 Å². The second-order valence-electron chi connectivity index (χ2n) is 9.28. The van der Waals surface area contributed by atoms with Crippen molar-refractivity contribution < 1.29 is 18.8 Å². The molecule has 0 aliphatic carbocycles. The fourth-order valence-electron chi connectivity index (χ4n) is 4.62. The second-order valence-corrected chi connectivity index (χ2v) is 9.28. The molecule has 4 rings (SSSR count). The number of hydrogen-bond donors (Lipinski definition) is 0. The van der Waals surface area contributed by atoms with E-state index in [1.165, 1.54) is 0 Å². The predicted molar refractivity (Wildman–Crippen MR) is 97.5 cm³/mol. The third kappa shape index (κ3) is 2.98. The number of aryl methyl sites for hydroxylation is 1. The molecule has 4 heterocycles. The van der Waals surface area contributed by atoms with E-state index in [9.17, 15) is 9.59 Å². The summed E-state index contributed by atoms with van der Waals surface area (Å²) in [6, 6.07) is 1.81. The van der Waals surface area contributed by atoms with Gasteiger partial charge in [0.05, 0.1) is 36.7 Å². The molecule has 0 saturated carbocycles. The van der Waals surface area contributed by atoms with E-state index in [2.05, 4.69) is 25.9 Å². The van der Waals surface area contributed by atoms with Crippen molar-refractivity contribution in [3.63, 3.8) is 0 Å². The minimum Gasteiger partial charge on any atom is -0.360 e. The molecule has 146 valence electrons. The van der Waals surface area contributed by atoms with Crippen LogP contribution in [0.1, 0.15) is 32.2 Å². The van der Waals surface area contributed by atoms with Crippen LogP contribution in [0, 0.1) is 24.2 Å². The number of amides is 2. The largest absolute Gasteiger partial charge is 0.360 e. The third-order valence-electron chi connectivity index (χ3n) is 5.58. The number of carbonyl (C=O) groups excluding carboxylic acids is 2. The van der Waals surface area contributed by atoms with Crippen molar-refractivity contribution >= 4 is 11.8 Å². The fourth-order valence-corrected chi connectivity index (χ4v) is 4.62. The monoisotopic (exact) mass is 373 g/mol. The zero-order chi connectivity index (χ0) is 19.6. The first-order valence-electron chi connectivity index (χ1n) is 9.43. The topological polar surface area (TPSA) is 75.9 Å². The lowest BCUT2D eigenvalue weighted by Gasteiger charge is -2.29. The first-order chi connectivity index (χ1) is 12.6. The Morgan fingerprint density at radius 2 is 2.19 bits per heavy atom. The van der Waals surface area contributed by atoms with E-state index in [-0.39, 0.29) is 23.3 Å². The van der Waals surface area contributed by atoms with Crippen molar-refractivity contribution in [2.75, 3.05) is 20.1 Å². The van der Waals surface area contributed by atoms with Gasteiger partial charge in [-0.25, -0.2) is 0 Å². The first-order valence-corrected chi connectivity index (χ1v) is 9.43. The first kappa shape index (κ1) is 18.2. The standard InChI is InChI=1S/C20H27N3O4/c1-12-8-13(27-21-12)9-22(5)17(24)15-14-6-7-20(26-14)11-23(10-19(2,3)4)18(25)16(15)20/h6-8,14-16H,9-11H2,1-5H3/t14-,15?,16?,20-/m1/s1. The van der Waals surface area contributed by atoms with Crippen molar-refractivity contribution in [3.8, 4) is 0 Å². The molecule has 0 aromatic carbocycles. The summed E-state index contributed by atoms with van der Waals surface area (Å²) < 4.78 is 11.4. The van der Waals surface area contributed by atoms with Crippen molar-refractivity contribution in [1.29, 1.82) is 0 Å². The number of hydrogen-bond acceptors (Lipinski definition) is 5. The molecule has 2 unspecified atom stereocenters. The molecule has 2 amide bonds. The normalized spacial score (nSPS) is 31.7. The SMILES string of the molecule is Cc1cc(CN(C)C(=O)C2C3C(=O)N(CC(C)(C)C)C[C@]34C=C[C@H]2O4)on1. The summed E-state index contributed by atoms with van der Waals surface area (Å²) in [4.78, 5) is 29.8. The Hall–Kier alpha value is -2.15. The van der Waals surface area contributed by atoms with E-state index in [1.807, 2.05) is 30.0 Å². The van der Waals surface area contributed by atoms with Gasteiger partial charge in [-0.3, -0.25) is 9.59 Å². The molecule has 0 radical (unpaired) electrons. The smallest absolute Gasteiger partial charge is 0.230 e. The molecular formula is C20H27N3O4. The van der Waals surface area contributed by atoms with Crippen LogP contribution in [0.15, 0.2) is 22.7 Å². The highest BCUT2D eigenvalue weighted by molar-refractivity contribution is 5.93. The minimum atomic E-state index is -0.656. The molecule has 3 aliphatic heterocycles. The highest BCUT2D eigenvalue weighted by atomic mass is 16.5. The second kappa shape index (κ2) is 5.92. The van der Waals surface area contributed by atoms with Gasteiger partial charge in [-0.15, -0.1) is 0 Å². The van der Waals surface area contributed by atoms with Gasteiger partial charge in [-0.1, -0.05) is 38.1 Å². The lowest BCUT2D eigenvalue weighted by atomic mass is 9.76. The van der Waals surface area contributed by atoms with Crippen LogP contribution in [-0.2, 0) is 20.9 Å². The lowest BCUT2D eigenvalue weighted by molar-refractivity contribution is -0.143. The van der Waals surface area contributed by atoms with Crippen LogP contribution in [-0.4, -0.2) is 58.6 Å². The van der Waals surface area contributed by atoms with Crippen molar-refractivity contribution in [2.24, 2.45) is 17.3 Å². The molecule has 1 aromatic heterocycles. The number of carbonyl (C=O) groups is 2. The highest BCUT2D eigenvalue weighted by Gasteiger charge is 2.67. The zero-order valence-electron chi connectivity index (χ0n) is 16.6. The quantitative estimate of drug-likeness (QED) is 0.752. The summed E-state index contributed by atoms with van der Waals surface area (Å²) in [7, 11) is 1.73. The molecule has 2 bridgehead atoms. The Morgan fingerprint density at radius 1 is 1.44 bits per heavy atom. The zero-order valence-corrected chi connectivity index (χ0v) is 16.6. The molecular weight excluding hydrogens is 346 g/mol. The average Bonchev–Trinajstić information content (AvgIpc) is 3.28. The van der Waals surface area contributed by atoms with E-state index in [1.54, 1.807) is 11.9 Å². The van der Waals surface area contributed by atoms with Gasteiger partial charge >= 0.3 is 0 Å². The maximum Gasteiger partial charge on any atom is 0.230 e. The third-order valence-corrected chi connectivity index (χ3v) is 5.58. The number of nitrogens with zero attached hydrogens (tertiary/aromatic N) is 3. The molecule has 1 aromatic rings. The molecule has 1 spiro atoms. The number of aromatic nitrogens is 1. The maximum absolute atomic E-state index is 13.2. The van der Waals surface area contributed by atoms with E-state index >= 15 is 0 Å². The molecule has 2 saturated heterocycles. The number of fused-ring (bicyclic) bond motifs is 1. The van der Waals surface area contributed by atoms with Crippen LogP contribution in [0.2, 0.25) is 0 Å². The summed E-state index contributed by atoms with van der Waals surface area (Å²) in [6.07, 6.45) is 3.61. The van der Waals surface area contributed by atoms with E-state index in [0.29, 0.717) is 25.4 Å². The van der Waals surface area contributed by atoms with E-state index in [4.69, 9.17) is 9.26 Å². The van der Waals surface area contributed by atoms with Gasteiger partial charge in [0.15, 0.2) is 5.76 Å². The average molecular weight is 373 g/mol. The Labute approximate surface area is 159 Å². The molecule has 2 fully saturated rings. The summed E-state index contributed by atoms with van der Waals surface area (Å²) in [6.45, 7) is 9.66. The van der Waals surface area contributed by atoms with Crippen LogP contribution in [0.25, 0.3) is 0 Å². The Balaban J connectivity index is 1.54. The number of ether oxygens (including phenoxy) is 1. The molecule has 3 aliphatic rings. The van der Waals surface area contributed by atoms with Crippen LogP contribution in [0.4, 0.5) is 0 Å². The Kier molecular flexibility index (Phi) is 4.00. The molecule has 27 heavy (non-hydrogen) atoms. The van der Waals surface area contributed by atoms with Crippen molar-refractivity contribution in [1.82, 2.24) is 15.0 Å². The number of likely N-dealkylation sites (tertiary alicyclic amines) is 1. The Morgan fingerprint density at radius 3 is 2.81 bits per heavy atom. The predicted octanol–water partition coefficient (Wildman–Crippen LogP) is 1.77. The Bertz CT molecular complexity index is 808. The van der Waals surface area contributed by atoms with Crippen LogP contribution in [0.5, 0.6) is 0 Å². The molecule has 4 atom stereocenters. The molecule has 7 nitrogen and oxygen atoms in total. The summed E-state index contributed by atoms with van der Waals surface area (Å²) >= 11 is 0. The van der Waals surface area contributed by atoms with Gasteiger partial charge in [0.1, 0.15) is 5.60 Å². The van der Waals surface area contributed by atoms with Gasteiger partial charge in [-0.05, 0) is 12.3 Å².